The largest absolute Gasteiger partial charge is 0.327 e. The molecular formula is C41H51F2N5O2. The highest BCUT2D eigenvalue weighted by atomic mass is 19.1. The van der Waals surface area contributed by atoms with E-state index in [0.29, 0.717) is 30.8 Å². The monoisotopic (exact) mass is 683 g/mol. The number of aromatic nitrogens is 2. The predicted molar refractivity (Wildman–Crippen MR) is 194 cm³/mol. The van der Waals surface area contributed by atoms with Crippen molar-refractivity contribution in [1.82, 2.24) is 19.8 Å². The Balaban J connectivity index is 1.17. The number of fused-ring (bicyclic) bond motifs is 3. The number of benzene rings is 1. The van der Waals surface area contributed by atoms with Gasteiger partial charge in [0.15, 0.2) is 0 Å². The number of rotatable bonds is 14. The second-order valence-corrected chi connectivity index (χ2v) is 15.2. The van der Waals surface area contributed by atoms with E-state index in [1.54, 1.807) is 17.3 Å². The van der Waals surface area contributed by atoms with Crippen LogP contribution in [0.5, 0.6) is 0 Å². The van der Waals surface area contributed by atoms with Crippen molar-refractivity contribution in [3.63, 3.8) is 0 Å². The summed E-state index contributed by atoms with van der Waals surface area (Å²) in [6.45, 7) is 9.52. The van der Waals surface area contributed by atoms with Gasteiger partial charge in [-0.25, -0.2) is 13.8 Å². The first-order valence-corrected chi connectivity index (χ1v) is 18.4. The Bertz CT molecular complexity index is 1740. The summed E-state index contributed by atoms with van der Waals surface area (Å²) in [6.07, 6.45) is 19.3. The molecule has 9 heteroatoms. The predicted octanol–water partition coefficient (Wildman–Crippen LogP) is 8.13. The zero-order chi connectivity index (χ0) is 35.5. The molecule has 0 bridgehead atoms. The molecule has 1 aliphatic carbocycles. The number of nitrogens with one attached hydrogen (secondary N) is 1. The molecule has 2 atom stereocenters. The summed E-state index contributed by atoms with van der Waals surface area (Å²) in [5.41, 5.74) is 1.69. The minimum atomic E-state index is -0.959. The van der Waals surface area contributed by atoms with Gasteiger partial charge in [-0.05, 0) is 81.1 Å². The first-order valence-electron chi connectivity index (χ1n) is 18.4. The van der Waals surface area contributed by atoms with Crippen LogP contribution in [-0.4, -0.2) is 56.8 Å². The van der Waals surface area contributed by atoms with E-state index in [-0.39, 0.29) is 18.4 Å². The van der Waals surface area contributed by atoms with Crippen LogP contribution < -0.4 is 5.32 Å². The molecular weight excluding hydrogens is 632 g/mol. The summed E-state index contributed by atoms with van der Waals surface area (Å²) < 4.78 is 29.3. The Morgan fingerprint density at radius 2 is 1.60 bits per heavy atom. The SMILES string of the molecule is CCCCCCCCCCCN1C[C@@](C)(c2cc(F)cc(F)c2)N(C/C=C/c2cnc3c(c2)C[C@@]2(C3)C(=O)Nc3ncccc32)C(=O)C1(C)C. The normalized spacial score (nSPS) is 22.8. The maximum Gasteiger partial charge on any atom is 0.243 e. The van der Waals surface area contributed by atoms with E-state index >= 15 is 0 Å². The number of hydrogen-bond acceptors (Lipinski definition) is 5. The number of anilines is 1. The number of unbranched alkanes of at least 4 members (excludes halogenated alkanes) is 8. The van der Waals surface area contributed by atoms with Crippen molar-refractivity contribution in [1.29, 1.82) is 0 Å². The quantitative estimate of drug-likeness (QED) is 0.174. The number of pyridine rings is 2. The van der Waals surface area contributed by atoms with Crippen molar-refractivity contribution >= 4 is 23.7 Å². The second kappa shape index (κ2) is 14.7. The molecule has 1 fully saturated rings. The summed E-state index contributed by atoms with van der Waals surface area (Å²) in [6, 6.07) is 9.47. The lowest BCUT2D eigenvalue weighted by molar-refractivity contribution is -0.161. The van der Waals surface area contributed by atoms with Crippen LogP contribution in [0.15, 0.2) is 54.9 Å². The highest BCUT2D eigenvalue weighted by molar-refractivity contribution is 6.06. The zero-order valence-electron chi connectivity index (χ0n) is 30.0. The van der Waals surface area contributed by atoms with Gasteiger partial charge in [0.05, 0.1) is 16.5 Å². The maximum atomic E-state index is 14.6. The van der Waals surface area contributed by atoms with Crippen LogP contribution in [0.1, 0.15) is 113 Å². The van der Waals surface area contributed by atoms with Gasteiger partial charge in [-0.1, -0.05) is 76.5 Å². The molecule has 6 rings (SSSR count). The third-order valence-electron chi connectivity index (χ3n) is 11.3. The lowest BCUT2D eigenvalue weighted by Gasteiger charge is -2.55. The van der Waals surface area contributed by atoms with Crippen LogP contribution in [0.2, 0.25) is 0 Å². The van der Waals surface area contributed by atoms with E-state index in [9.17, 15) is 18.4 Å². The van der Waals surface area contributed by atoms with Gasteiger partial charge in [-0.2, -0.15) is 0 Å². The fourth-order valence-corrected chi connectivity index (χ4v) is 8.23. The summed E-state index contributed by atoms with van der Waals surface area (Å²) >= 11 is 0. The van der Waals surface area contributed by atoms with Crippen LogP contribution >= 0.6 is 0 Å². The molecule has 1 spiro atoms. The van der Waals surface area contributed by atoms with Crippen LogP contribution in [-0.2, 0) is 33.4 Å². The molecule has 50 heavy (non-hydrogen) atoms. The lowest BCUT2D eigenvalue weighted by Crippen LogP contribution is -2.70. The Morgan fingerprint density at radius 1 is 0.900 bits per heavy atom. The number of piperazine rings is 1. The molecule has 2 aromatic heterocycles. The van der Waals surface area contributed by atoms with Crippen molar-refractivity contribution in [2.75, 3.05) is 25.0 Å². The molecule has 1 saturated heterocycles. The van der Waals surface area contributed by atoms with Gasteiger partial charge in [-0.15, -0.1) is 0 Å². The van der Waals surface area contributed by atoms with Crippen molar-refractivity contribution in [2.45, 2.75) is 115 Å². The number of carbonyl (C=O) groups is 2. The summed E-state index contributed by atoms with van der Waals surface area (Å²) in [4.78, 5) is 40.6. The van der Waals surface area contributed by atoms with Gasteiger partial charge < -0.3 is 10.2 Å². The molecule has 0 unspecified atom stereocenters. The van der Waals surface area contributed by atoms with Crippen molar-refractivity contribution in [3.8, 4) is 0 Å². The number of hydrogen-bond donors (Lipinski definition) is 1. The third-order valence-corrected chi connectivity index (χ3v) is 11.3. The molecule has 2 amide bonds. The maximum absolute atomic E-state index is 14.6. The molecule has 3 aliphatic rings. The molecule has 0 saturated carbocycles. The first-order chi connectivity index (χ1) is 24.0. The summed E-state index contributed by atoms with van der Waals surface area (Å²) in [5.74, 6) is -0.823. The third kappa shape index (κ3) is 6.98. The molecule has 1 N–H and O–H groups in total. The van der Waals surface area contributed by atoms with Crippen LogP contribution in [0.25, 0.3) is 6.08 Å². The summed E-state index contributed by atoms with van der Waals surface area (Å²) in [7, 11) is 0. The van der Waals surface area contributed by atoms with Gasteiger partial charge in [0.1, 0.15) is 17.5 Å². The number of nitrogens with zero attached hydrogens (tertiary/aromatic N) is 4. The average molecular weight is 684 g/mol. The number of amides is 2. The first kappa shape index (κ1) is 35.8. The van der Waals surface area contributed by atoms with E-state index in [2.05, 4.69) is 28.2 Å². The number of halogens is 2. The van der Waals surface area contributed by atoms with E-state index in [4.69, 9.17) is 4.98 Å². The minimum absolute atomic E-state index is 0.0487. The molecule has 7 nitrogen and oxygen atoms in total. The van der Waals surface area contributed by atoms with Gasteiger partial charge in [-0.3, -0.25) is 19.5 Å². The molecule has 4 heterocycles. The van der Waals surface area contributed by atoms with Crippen LogP contribution in [0.3, 0.4) is 0 Å². The number of carbonyl (C=O) groups excluding carboxylic acids is 2. The zero-order valence-corrected chi connectivity index (χ0v) is 30.0. The van der Waals surface area contributed by atoms with Gasteiger partial charge in [0.25, 0.3) is 0 Å². The fourth-order valence-electron chi connectivity index (χ4n) is 8.23. The Hall–Kier alpha value is -3.98. The molecule has 266 valence electrons. The van der Waals surface area contributed by atoms with Crippen molar-refractivity contribution < 1.29 is 18.4 Å². The minimum Gasteiger partial charge on any atom is -0.327 e. The van der Waals surface area contributed by atoms with Gasteiger partial charge in [0, 0.05) is 49.2 Å². The van der Waals surface area contributed by atoms with E-state index in [1.165, 1.54) is 57.1 Å². The Morgan fingerprint density at radius 3 is 2.32 bits per heavy atom. The van der Waals surface area contributed by atoms with E-state index < -0.39 is 28.1 Å². The van der Waals surface area contributed by atoms with E-state index in [0.717, 1.165) is 47.8 Å². The summed E-state index contributed by atoms with van der Waals surface area (Å²) in [5, 5.41) is 2.94. The highest BCUT2D eigenvalue weighted by Gasteiger charge is 2.53. The van der Waals surface area contributed by atoms with Crippen LogP contribution in [0.4, 0.5) is 14.6 Å². The Kier molecular flexibility index (Phi) is 10.5. The fraction of sp³-hybridized carbons (Fsp3) is 0.512. The van der Waals surface area contributed by atoms with Crippen molar-refractivity contribution in [2.24, 2.45) is 0 Å². The molecule has 1 aromatic carbocycles. The second-order valence-electron chi connectivity index (χ2n) is 15.2. The highest BCUT2D eigenvalue weighted by Crippen LogP contribution is 2.46. The molecule has 2 aliphatic heterocycles. The topological polar surface area (TPSA) is 78.4 Å². The standard InChI is InChI=1S/C41H51F2N5O2/c1-5-6-7-8-9-10-11-12-13-19-47-28-40(4,31-22-32(42)24-33(43)23-31)48(38(50)39(47,2)3)20-15-16-29-21-30-25-41(26-35(30)45-27-29)34-17-14-18-44-36(34)46-37(41)49/h14-18,21-24,27H,5-13,19-20,25-26,28H2,1-4H3,(H,44,46,49)/b16-15+/t40-,41-/m0/s1. The molecule has 3 aromatic rings. The average Bonchev–Trinajstić information content (AvgIpc) is 3.60. The smallest absolute Gasteiger partial charge is 0.243 e. The van der Waals surface area contributed by atoms with Crippen LogP contribution in [0, 0.1) is 11.6 Å². The molecule has 0 radical (unpaired) electrons. The van der Waals surface area contributed by atoms with Gasteiger partial charge in [0.2, 0.25) is 11.8 Å². The van der Waals surface area contributed by atoms with E-state index in [1.807, 2.05) is 45.1 Å². The van der Waals surface area contributed by atoms with Crippen molar-refractivity contribution in [3.05, 3.63) is 94.5 Å². The Labute approximate surface area is 295 Å². The lowest BCUT2D eigenvalue weighted by atomic mass is 9.80. The van der Waals surface area contributed by atoms with Gasteiger partial charge >= 0.3 is 0 Å².